The van der Waals surface area contributed by atoms with Crippen LogP contribution in [0.3, 0.4) is 0 Å². The molecule has 2 aliphatic heterocycles. The molecule has 0 spiro atoms. The van der Waals surface area contributed by atoms with Gasteiger partial charge >= 0.3 is 0 Å². The maximum absolute atomic E-state index is 12.6. The number of hydrogen-bond acceptors (Lipinski definition) is 7. The summed E-state index contributed by atoms with van der Waals surface area (Å²) in [6.07, 6.45) is -2.87. The summed E-state index contributed by atoms with van der Waals surface area (Å²) in [4.78, 5) is 32.1. The highest BCUT2D eigenvalue weighted by Crippen LogP contribution is 2.28. The van der Waals surface area contributed by atoms with E-state index in [-0.39, 0.29) is 18.8 Å². The Bertz CT molecular complexity index is 1170. The van der Waals surface area contributed by atoms with Crippen molar-refractivity contribution in [3.8, 4) is 11.4 Å². The van der Waals surface area contributed by atoms with Gasteiger partial charge in [-0.25, -0.2) is 4.98 Å². The lowest BCUT2D eigenvalue weighted by atomic mass is 10.0. The fourth-order valence-electron chi connectivity index (χ4n) is 3.75. The SMILES string of the molecule is CCc1c2n(CC(OC)C(O)C(O)COI)c3cc(C)c(C)cc3nc-2c(=O)[nH]c1=O. The molecule has 0 bridgehead atoms. The molecular weight excluding hydrogens is 517 g/mol. The lowest BCUT2D eigenvalue weighted by Crippen LogP contribution is -2.43. The van der Waals surface area contributed by atoms with E-state index in [1.165, 1.54) is 7.11 Å². The number of ether oxygens (including phenoxy) is 1. The first-order valence-electron chi connectivity index (χ1n) is 9.92. The topological polar surface area (TPSA) is 127 Å². The maximum atomic E-state index is 12.6. The smallest absolute Gasteiger partial charge is 0.278 e. The Kier molecular flexibility index (Phi) is 7.47. The van der Waals surface area contributed by atoms with Crippen LogP contribution in [-0.2, 0) is 20.8 Å². The first kappa shape index (κ1) is 23.8. The molecule has 10 heteroatoms. The van der Waals surface area contributed by atoms with Gasteiger partial charge < -0.3 is 22.6 Å². The van der Waals surface area contributed by atoms with Crippen LogP contribution in [-0.4, -0.2) is 56.8 Å². The number of hydrogen-bond donors (Lipinski definition) is 3. The fourth-order valence-corrected chi connectivity index (χ4v) is 4.12. The van der Waals surface area contributed by atoms with Crippen molar-refractivity contribution in [1.82, 2.24) is 14.5 Å². The number of nitrogens with zero attached hydrogens (tertiary/aromatic N) is 2. The van der Waals surface area contributed by atoms with Crippen molar-refractivity contribution in [3.63, 3.8) is 0 Å². The predicted molar refractivity (Wildman–Crippen MR) is 125 cm³/mol. The number of aliphatic hydroxyl groups is 2. The summed E-state index contributed by atoms with van der Waals surface area (Å²) in [5.41, 5.74) is 3.24. The van der Waals surface area contributed by atoms with Crippen molar-refractivity contribution in [1.29, 1.82) is 0 Å². The molecule has 2 heterocycles. The number of rotatable bonds is 8. The van der Waals surface area contributed by atoms with Crippen molar-refractivity contribution in [3.05, 3.63) is 49.5 Å². The van der Waals surface area contributed by atoms with Crippen molar-refractivity contribution in [2.24, 2.45) is 0 Å². The Morgan fingerprint density at radius 3 is 2.48 bits per heavy atom. The van der Waals surface area contributed by atoms with E-state index < -0.39 is 29.4 Å². The third-order valence-electron chi connectivity index (χ3n) is 5.64. The molecule has 9 nitrogen and oxygen atoms in total. The van der Waals surface area contributed by atoms with E-state index in [2.05, 4.69) is 9.97 Å². The van der Waals surface area contributed by atoms with Crippen LogP contribution in [0.5, 0.6) is 0 Å². The molecular formula is C21H26IN3O6. The molecule has 2 aliphatic rings. The molecule has 0 fully saturated rings. The number of aromatic nitrogens is 3. The molecule has 0 aromatic heterocycles. The number of fused-ring (bicyclic) bond motifs is 2. The van der Waals surface area contributed by atoms with Gasteiger partial charge in [-0.05, 0) is 43.5 Å². The van der Waals surface area contributed by atoms with Gasteiger partial charge in [0.2, 0.25) is 0 Å². The number of methoxy groups -OCH3 is 1. The van der Waals surface area contributed by atoms with Gasteiger partial charge in [-0.3, -0.25) is 14.6 Å². The number of aryl methyl sites for hydroxylation is 2. The average Bonchev–Trinajstić information content (AvgIpc) is 2.73. The quantitative estimate of drug-likeness (QED) is 0.290. The molecule has 0 saturated carbocycles. The van der Waals surface area contributed by atoms with Gasteiger partial charge in [0, 0.05) is 12.7 Å². The van der Waals surface area contributed by atoms with Crippen LogP contribution in [0.25, 0.3) is 22.4 Å². The van der Waals surface area contributed by atoms with E-state index in [0.717, 1.165) is 11.1 Å². The first-order chi connectivity index (χ1) is 14.7. The lowest BCUT2D eigenvalue weighted by Gasteiger charge is -2.29. The number of aliphatic hydroxyl groups excluding tert-OH is 2. The van der Waals surface area contributed by atoms with E-state index in [4.69, 9.17) is 7.80 Å². The standard InChI is InChI=1S/C21H26IN3O6/c1-5-12-18-17(21(29)24-20(12)28)23-13-6-10(2)11(3)7-14(13)25(18)8-16(30-4)19(27)15(26)9-31-22/h6-7,15-16,19,26-27H,5,8-9H2,1-4H3,(H,24,28,29). The minimum Gasteiger partial charge on any atom is -0.388 e. The maximum Gasteiger partial charge on any atom is 0.278 e. The Labute approximate surface area is 193 Å². The Hall–Kier alpha value is -1.86. The summed E-state index contributed by atoms with van der Waals surface area (Å²) >= 11 is 1.64. The highest BCUT2D eigenvalue weighted by Gasteiger charge is 2.30. The third-order valence-corrected chi connectivity index (χ3v) is 6.00. The van der Waals surface area contributed by atoms with E-state index >= 15 is 0 Å². The van der Waals surface area contributed by atoms with Gasteiger partial charge in [0.1, 0.15) is 41.3 Å². The third kappa shape index (κ3) is 4.53. The van der Waals surface area contributed by atoms with Gasteiger partial charge in [0.25, 0.3) is 11.1 Å². The molecule has 0 aliphatic carbocycles. The number of nitrogens with one attached hydrogen (secondary N) is 1. The highest BCUT2D eigenvalue weighted by molar-refractivity contribution is 14.1. The van der Waals surface area contributed by atoms with Crippen LogP contribution in [0.2, 0.25) is 0 Å². The molecule has 168 valence electrons. The number of aromatic amines is 1. The van der Waals surface area contributed by atoms with Crippen molar-refractivity contribution in [2.45, 2.75) is 52.0 Å². The monoisotopic (exact) mass is 543 g/mol. The highest BCUT2D eigenvalue weighted by atomic mass is 127. The van der Waals surface area contributed by atoms with Gasteiger partial charge in [-0.15, -0.1) is 0 Å². The zero-order valence-electron chi connectivity index (χ0n) is 17.8. The van der Waals surface area contributed by atoms with E-state index in [1.807, 2.05) is 32.9 Å². The zero-order chi connectivity index (χ0) is 22.9. The molecule has 3 unspecified atom stereocenters. The summed E-state index contributed by atoms with van der Waals surface area (Å²) in [6, 6.07) is 3.82. The molecule has 31 heavy (non-hydrogen) atoms. The summed E-state index contributed by atoms with van der Waals surface area (Å²) in [7, 11) is 1.43. The summed E-state index contributed by atoms with van der Waals surface area (Å²) < 4.78 is 12.2. The molecule has 3 N–H and O–H groups in total. The van der Waals surface area contributed by atoms with Gasteiger partial charge in [0.15, 0.2) is 5.69 Å². The summed E-state index contributed by atoms with van der Waals surface area (Å²) in [5.74, 6) is 0. The van der Waals surface area contributed by atoms with Crippen LogP contribution in [0.4, 0.5) is 0 Å². The van der Waals surface area contributed by atoms with Crippen LogP contribution in [0.15, 0.2) is 21.7 Å². The van der Waals surface area contributed by atoms with Gasteiger partial charge in [-0.1, -0.05) is 6.92 Å². The fraction of sp³-hybridized carbons (Fsp3) is 0.476. The van der Waals surface area contributed by atoms with Crippen molar-refractivity contribution >= 4 is 34.0 Å². The molecule has 1 aromatic rings. The molecule has 1 aromatic carbocycles. The summed E-state index contributed by atoms with van der Waals surface area (Å²) in [6.45, 7) is 5.75. The van der Waals surface area contributed by atoms with E-state index in [1.54, 1.807) is 27.6 Å². The number of halogens is 1. The van der Waals surface area contributed by atoms with Crippen molar-refractivity contribution < 1.29 is 18.0 Å². The normalized spacial score (nSPS) is 14.8. The minimum atomic E-state index is -1.25. The first-order valence-corrected chi connectivity index (χ1v) is 10.8. The van der Waals surface area contributed by atoms with Crippen LogP contribution < -0.4 is 11.1 Å². The zero-order valence-corrected chi connectivity index (χ0v) is 20.0. The second kappa shape index (κ2) is 9.74. The second-order valence-electron chi connectivity index (χ2n) is 7.57. The molecule has 0 saturated heterocycles. The molecule has 0 radical (unpaired) electrons. The molecule has 0 amide bonds. The average molecular weight is 543 g/mol. The lowest BCUT2D eigenvalue weighted by molar-refractivity contribution is -0.0878. The molecule has 3 rings (SSSR count). The van der Waals surface area contributed by atoms with Gasteiger partial charge in [-0.2, -0.15) is 0 Å². The van der Waals surface area contributed by atoms with Crippen LogP contribution in [0.1, 0.15) is 23.6 Å². The van der Waals surface area contributed by atoms with Crippen molar-refractivity contribution in [2.75, 3.05) is 13.7 Å². The number of H-pyrrole nitrogens is 1. The Morgan fingerprint density at radius 2 is 1.87 bits per heavy atom. The minimum absolute atomic E-state index is 0.0764. The van der Waals surface area contributed by atoms with E-state index in [9.17, 15) is 19.8 Å². The van der Waals surface area contributed by atoms with E-state index in [0.29, 0.717) is 28.7 Å². The number of pyridine rings is 1. The second-order valence-corrected chi connectivity index (χ2v) is 8.19. The predicted octanol–water partition coefficient (Wildman–Crippen LogP) is 1.47. The van der Waals surface area contributed by atoms with Crippen LogP contribution >= 0.6 is 23.0 Å². The molecule has 3 atom stereocenters. The van der Waals surface area contributed by atoms with Gasteiger partial charge in [0.05, 0.1) is 29.9 Å². The Balaban J connectivity index is 2.33. The Morgan fingerprint density at radius 1 is 1.19 bits per heavy atom. The van der Waals surface area contributed by atoms with Crippen LogP contribution in [0, 0.1) is 13.8 Å². The number of benzene rings is 1. The largest absolute Gasteiger partial charge is 0.388 e. The summed E-state index contributed by atoms with van der Waals surface area (Å²) in [5, 5.41) is 20.8.